The highest BCUT2D eigenvalue weighted by Crippen LogP contribution is 2.27. The summed E-state index contributed by atoms with van der Waals surface area (Å²) in [5.41, 5.74) is 1.95. The topological polar surface area (TPSA) is 57.7 Å². The molecule has 3 rings (SSSR count). The Bertz CT molecular complexity index is 796. The van der Waals surface area contributed by atoms with E-state index in [0.29, 0.717) is 26.2 Å². The van der Waals surface area contributed by atoms with Gasteiger partial charge in [-0.15, -0.1) is 0 Å². The third-order valence-corrected chi connectivity index (χ3v) is 5.36. The van der Waals surface area contributed by atoms with Gasteiger partial charge >= 0.3 is 0 Å². The molecule has 0 N–H and O–H groups in total. The lowest BCUT2D eigenvalue weighted by Crippen LogP contribution is -2.39. The largest absolute Gasteiger partial charge is 0.341 e. The Kier molecular flexibility index (Phi) is 7.17. The van der Waals surface area contributed by atoms with Crippen LogP contribution in [0.3, 0.4) is 0 Å². The molecule has 2 amide bonds. The summed E-state index contributed by atoms with van der Waals surface area (Å²) in [5, 5.41) is 0. The first-order chi connectivity index (χ1) is 14.1. The van der Waals surface area contributed by atoms with Crippen molar-refractivity contribution in [2.75, 3.05) is 26.2 Å². The summed E-state index contributed by atoms with van der Waals surface area (Å²) in [6, 6.07) is 19.7. The van der Waals surface area contributed by atoms with Crippen molar-refractivity contribution in [3.63, 3.8) is 0 Å². The van der Waals surface area contributed by atoms with Crippen LogP contribution >= 0.6 is 0 Å². The van der Waals surface area contributed by atoms with Crippen molar-refractivity contribution < 1.29 is 14.4 Å². The van der Waals surface area contributed by atoms with Crippen LogP contribution < -0.4 is 0 Å². The van der Waals surface area contributed by atoms with Crippen molar-refractivity contribution >= 4 is 17.6 Å². The van der Waals surface area contributed by atoms with Gasteiger partial charge in [0.25, 0.3) is 0 Å². The summed E-state index contributed by atoms with van der Waals surface area (Å²) in [6.45, 7) is 3.79. The van der Waals surface area contributed by atoms with E-state index in [2.05, 4.69) is 0 Å². The lowest BCUT2D eigenvalue weighted by atomic mass is 9.90. The minimum absolute atomic E-state index is 0.00262. The summed E-state index contributed by atoms with van der Waals surface area (Å²) in [4.78, 5) is 40.7. The number of carbonyl (C=O) groups is 3. The molecule has 1 aliphatic rings. The molecule has 29 heavy (non-hydrogen) atoms. The summed E-state index contributed by atoms with van der Waals surface area (Å²) >= 11 is 0. The quantitative estimate of drug-likeness (QED) is 0.758. The number of amides is 2. The zero-order valence-corrected chi connectivity index (χ0v) is 16.9. The SMILES string of the molecule is CC(=O)CCC(=O)N1CCCN(C(=O)C(c2ccccc2)c2ccccc2)CC1. The first kappa shape index (κ1) is 20.8. The van der Waals surface area contributed by atoms with Crippen LogP contribution in [-0.2, 0) is 14.4 Å². The Balaban J connectivity index is 1.73. The average molecular weight is 392 g/mol. The van der Waals surface area contributed by atoms with E-state index in [1.165, 1.54) is 6.92 Å². The van der Waals surface area contributed by atoms with Gasteiger partial charge in [0.1, 0.15) is 5.78 Å². The maximum absolute atomic E-state index is 13.5. The number of nitrogens with zero attached hydrogens (tertiary/aromatic N) is 2. The van der Waals surface area contributed by atoms with E-state index in [-0.39, 0.29) is 36.4 Å². The van der Waals surface area contributed by atoms with Crippen molar-refractivity contribution in [2.45, 2.75) is 32.1 Å². The number of hydrogen-bond acceptors (Lipinski definition) is 3. The maximum Gasteiger partial charge on any atom is 0.234 e. The highest BCUT2D eigenvalue weighted by Gasteiger charge is 2.29. The molecule has 1 saturated heterocycles. The number of Topliss-reactive ketones (excluding diaryl/α,β-unsaturated/α-hetero) is 1. The molecule has 1 fully saturated rings. The lowest BCUT2D eigenvalue weighted by molar-refractivity contribution is -0.134. The molecule has 0 aromatic heterocycles. The monoisotopic (exact) mass is 392 g/mol. The third kappa shape index (κ3) is 5.53. The van der Waals surface area contributed by atoms with Crippen molar-refractivity contribution in [3.8, 4) is 0 Å². The molecule has 5 heteroatoms. The van der Waals surface area contributed by atoms with Gasteiger partial charge in [-0.3, -0.25) is 9.59 Å². The molecule has 0 saturated carbocycles. The Morgan fingerprint density at radius 2 is 1.28 bits per heavy atom. The fourth-order valence-corrected chi connectivity index (χ4v) is 3.78. The highest BCUT2D eigenvalue weighted by atomic mass is 16.2. The molecule has 0 unspecified atom stereocenters. The Labute approximate surface area is 172 Å². The van der Waals surface area contributed by atoms with Crippen molar-refractivity contribution in [2.24, 2.45) is 0 Å². The molecule has 152 valence electrons. The Morgan fingerprint density at radius 3 is 1.83 bits per heavy atom. The summed E-state index contributed by atoms with van der Waals surface area (Å²) in [7, 11) is 0. The molecular weight excluding hydrogens is 364 g/mol. The first-order valence-electron chi connectivity index (χ1n) is 10.2. The molecule has 2 aromatic rings. The van der Waals surface area contributed by atoms with E-state index in [1.807, 2.05) is 65.6 Å². The Hall–Kier alpha value is -2.95. The van der Waals surface area contributed by atoms with E-state index in [9.17, 15) is 14.4 Å². The zero-order valence-electron chi connectivity index (χ0n) is 16.9. The maximum atomic E-state index is 13.5. The number of benzene rings is 2. The van der Waals surface area contributed by atoms with Gasteiger partial charge < -0.3 is 14.6 Å². The smallest absolute Gasteiger partial charge is 0.234 e. The third-order valence-electron chi connectivity index (χ3n) is 5.36. The van der Waals surface area contributed by atoms with Crippen LogP contribution in [0.2, 0.25) is 0 Å². The second-order valence-electron chi connectivity index (χ2n) is 7.52. The van der Waals surface area contributed by atoms with Gasteiger partial charge in [-0.2, -0.15) is 0 Å². The molecule has 2 aromatic carbocycles. The van der Waals surface area contributed by atoms with E-state index in [0.717, 1.165) is 17.5 Å². The van der Waals surface area contributed by atoms with Crippen molar-refractivity contribution in [3.05, 3.63) is 71.8 Å². The molecule has 0 radical (unpaired) electrons. The van der Waals surface area contributed by atoms with Gasteiger partial charge in [-0.25, -0.2) is 0 Å². The van der Waals surface area contributed by atoms with Gasteiger partial charge in [0, 0.05) is 39.0 Å². The minimum atomic E-state index is -0.350. The molecule has 5 nitrogen and oxygen atoms in total. The standard InChI is InChI=1S/C24H28N2O3/c1-19(27)13-14-22(28)25-15-8-16-26(18-17-25)24(29)23(20-9-4-2-5-10-20)21-11-6-3-7-12-21/h2-7,9-12,23H,8,13-18H2,1H3. The van der Waals surface area contributed by atoms with Crippen molar-refractivity contribution in [1.29, 1.82) is 0 Å². The van der Waals surface area contributed by atoms with E-state index in [1.54, 1.807) is 4.90 Å². The summed E-state index contributed by atoms with van der Waals surface area (Å²) in [5.74, 6) is -0.256. The fourth-order valence-electron chi connectivity index (χ4n) is 3.78. The van der Waals surface area contributed by atoms with Crippen LogP contribution in [0.5, 0.6) is 0 Å². The van der Waals surface area contributed by atoms with Gasteiger partial charge in [0.15, 0.2) is 0 Å². The van der Waals surface area contributed by atoms with E-state index < -0.39 is 0 Å². The van der Waals surface area contributed by atoms with Gasteiger partial charge in [0.05, 0.1) is 5.92 Å². The number of hydrogen-bond donors (Lipinski definition) is 0. The molecular formula is C24H28N2O3. The molecule has 0 aliphatic carbocycles. The molecule has 1 aliphatic heterocycles. The van der Waals surface area contributed by atoms with Gasteiger partial charge in [0.2, 0.25) is 11.8 Å². The average Bonchev–Trinajstić information content (AvgIpc) is 3.00. The van der Waals surface area contributed by atoms with Crippen LogP contribution in [-0.4, -0.2) is 53.6 Å². The van der Waals surface area contributed by atoms with Crippen LogP contribution in [0.15, 0.2) is 60.7 Å². The van der Waals surface area contributed by atoms with Crippen molar-refractivity contribution in [1.82, 2.24) is 9.80 Å². The normalized spacial score (nSPS) is 14.6. The zero-order chi connectivity index (χ0) is 20.6. The first-order valence-corrected chi connectivity index (χ1v) is 10.2. The predicted molar refractivity (Wildman–Crippen MR) is 112 cm³/mol. The molecule has 0 atom stereocenters. The van der Waals surface area contributed by atoms with Crippen LogP contribution in [0.1, 0.15) is 43.2 Å². The van der Waals surface area contributed by atoms with Crippen LogP contribution in [0.4, 0.5) is 0 Å². The number of ketones is 1. The molecule has 1 heterocycles. The second kappa shape index (κ2) is 10.0. The van der Waals surface area contributed by atoms with E-state index in [4.69, 9.17) is 0 Å². The van der Waals surface area contributed by atoms with E-state index >= 15 is 0 Å². The number of rotatable bonds is 6. The summed E-state index contributed by atoms with van der Waals surface area (Å²) < 4.78 is 0. The van der Waals surface area contributed by atoms with Gasteiger partial charge in [-0.05, 0) is 24.5 Å². The van der Waals surface area contributed by atoms with Crippen LogP contribution in [0.25, 0.3) is 0 Å². The predicted octanol–water partition coefficient (Wildman–Crippen LogP) is 3.25. The highest BCUT2D eigenvalue weighted by molar-refractivity contribution is 5.87. The summed E-state index contributed by atoms with van der Waals surface area (Å²) in [6.07, 6.45) is 1.27. The van der Waals surface area contributed by atoms with Gasteiger partial charge in [-0.1, -0.05) is 60.7 Å². The lowest BCUT2D eigenvalue weighted by Gasteiger charge is -2.27. The number of carbonyl (C=O) groups excluding carboxylic acids is 3. The Morgan fingerprint density at radius 1 is 0.759 bits per heavy atom. The van der Waals surface area contributed by atoms with Crippen LogP contribution in [0, 0.1) is 0 Å². The molecule has 0 spiro atoms. The fraction of sp³-hybridized carbons (Fsp3) is 0.375. The second-order valence-corrected chi connectivity index (χ2v) is 7.52. The molecule has 0 bridgehead atoms. The minimum Gasteiger partial charge on any atom is -0.341 e.